The van der Waals surface area contributed by atoms with Crippen molar-refractivity contribution in [3.63, 3.8) is 0 Å². The molecule has 0 aliphatic rings. The third kappa shape index (κ3) is 4.14. The molecule has 0 fully saturated rings. The summed E-state index contributed by atoms with van der Waals surface area (Å²) >= 11 is 0. The van der Waals surface area contributed by atoms with Crippen molar-refractivity contribution in [2.45, 2.75) is 13.8 Å². The normalized spacial score (nSPS) is 12.0. The number of allylic oxidation sites excluding steroid dienone is 3. The Morgan fingerprint density at radius 3 is 2.27 bits per heavy atom. The van der Waals surface area contributed by atoms with Gasteiger partial charge in [-0.3, -0.25) is 0 Å². The molecule has 0 bridgehead atoms. The van der Waals surface area contributed by atoms with Gasteiger partial charge in [-0.05, 0) is 19.4 Å². The molecule has 0 heterocycles. The molecule has 0 aliphatic heterocycles. The second-order valence-corrected chi connectivity index (χ2v) is 2.40. The topological polar surface area (TPSA) is 38.4 Å². The number of rotatable bonds is 3. The van der Waals surface area contributed by atoms with E-state index in [4.69, 9.17) is 5.73 Å². The summed E-state index contributed by atoms with van der Waals surface area (Å²) in [7, 11) is 0. The van der Waals surface area contributed by atoms with Gasteiger partial charge in [0.25, 0.3) is 0 Å². The summed E-state index contributed by atoms with van der Waals surface area (Å²) in [5.74, 6) is 0. The second-order valence-electron chi connectivity index (χ2n) is 2.40. The van der Waals surface area contributed by atoms with Crippen LogP contribution in [0.4, 0.5) is 0 Å². The van der Waals surface area contributed by atoms with Crippen LogP contribution >= 0.6 is 0 Å². The van der Waals surface area contributed by atoms with Gasteiger partial charge < -0.3 is 5.73 Å². The molecule has 2 nitrogen and oxygen atoms in total. The van der Waals surface area contributed by atoms with Crippen LogP contribution < -0.4 is 5.73 Å². The highest BCUT2D eigenvalue weighted by molar-refractivity contribution is 5.55. The second kappa shape index (κ2) is 4.50. The van der Waals surface area contributed by atoms with Gasteiger partial charge in [-0.1, -0.05) is 24.8 Å². The Balaban J connectivity index is 4.36. The van der Waals surface area contributed by atoms with Crippen molar-refractivity contribution < 1.29 is 0 Å². The largest absolute Gasteiger partial charge is 0.390 e. The Bertz CT molecular complexity index is 222. The summed E-state index contributed by atoms with van der Waals surface area (Å²) < 4.78 is 0. The lowest BCUT2D eigenvalue weighted by Gasteiger charge is -1.97. The fraction of sp³-hybridized carbons (Fsp3) is 0.222. The molecule has 2 N–H and O–H groups in total. The van der Waals surface area contributed by atoms with E-state index < -0.39 is 0 Å². The van der Waals surface area contributed by atoms with Crippen LogP contribution in [0.3, 0.4) is 0 Å². The Morgan fingerprint density at radius 1 is 1.36 bits per heavy atom. The monoisotopic (exact) mass is 150 g/mol. The van der Waals surface area contributed by atoms with E-state index in [0.29, 0.717) is 5.70 Å². The van der Waals surface area contributed by atoms with E-state index in [2.05, 4.69) is 18.2 Å². The van der Waals surface area contributed by atoms with Crippen LogP contribution in [0.1, 0.15) is 13.8 Å². The van der Waals surface area contributed by atoms with Gasteiger partial charge in [0, 0.05) is 0 Å². The maximum atomic E-state index is 5.10. The molecule has 0 saturated heterocycles. The van der Waals surface area contributed by atoms with E-state index >= 15 is 0 Å². The van der Waals surface area contributed by atoms with Gasteiger partial charge in [0.2, 0.25) is 0 Å². The highest BCUT2D eigenvalue weighted by Gasteiger charge is 1.91. The third-order valence-electron chi connectivity index (χ3n) is 1.15. The molecule has 0 aromatic rings. The first kappa shape index (κ1) is 9.69. The van der Waals surface area contributed by atoms with Gasteiger partial charge in [0.15, 0.2) is 0 Å². The number of nitrogens with zero attached hydrogens (tertiary/aromatic N) is 1. The van der Waals surface area contributed by atoms with Crippen molar-refractivity contribution in [3.8, 4) is 0 Å². The molecule has 0 atom stereocenters. The highest BCUT2D eigenvalue weighted by atomic mass is 14.8. The van der Waals surface area contributed by atoms with Crippen molar-refractivity contribution >= 4 is 6.34 Å². The lowest BCUT2D eigenvalue weighted by Crippen LogP contribution is -1.90. The smallest absolute Gasteiger partial charge is 0.0860 e. The zero-order valence-electron chi connectivity index (χ0n) is 7.09. The average molecular weight is 150 g/mol. The maximum absolute atomic E-state index is 5.10. The molecule has 0 saturated carbocycles. The Labute approximate surface area is 67.8 Å². The molecule has 11 heavy (non-hydrogen) atoms. The van der Waals surface area contributed by atoms with Crippen LogP contribution in [-0.4, -0.2) is 6.34 Å². The Morgan fingerprint density at radius 2 is 1.91 bits per heavy atom. The molecular weight excluding hydrogens is 136 g/mol. The van der Waals surface area contributed by atoms with Crippen LogP contribution in [0.25, 0.3) is 0 Å². The van der Waals surface area contributed by atoms with E-state index in [-0.39, 0.29) is 0 Å². The quantitative estimate of drug-likeness (QED) is 0.373. The number of hydrogen-bond acceptors (Lipinski definition) is 1. The van der Waals surface area contributed by atoms with Gasteiger partial charge >= 0.3 is 0 Å². The summed E-state index contributed by atoms with van der Waals surface area (Å²) in [4.78, 5) is 3.83. The average Bonchev–Trinajstić information content (AvgIpc) is 1.86. The fourth-order valence-electron chi connectivity index (χ4n) is 0.645. The predicted molar refractivity (Wildman–Crippen MR) is 50.4 cm³/mol. The molecular formula is C9H14N2. The molecule has 0 unspecified atom stereocenters. The summed E-state index contributed by atoms with van der Waals surface area (Å²) in [5.41, 5.74) is 7.74. The lowest BCUT2D eigenvalue weighted by atomic mass is 10.2. The third-order valence-corrected chi connectivity index (χ3v) is 1.15. The van der Waals surface area contributed by atoms with Crippen LogP contribution in [0.5, 0.6) is 0 Å². The molecule has 0 aliphatic carbocycles. The van der Waals surface area contributed by atoms with E-state index in [1.165, 1.54) is 6.34 Å². The van der Waals surface area contributed by atoms with Crippen LogP contribution in [0.15, 0.2) is 41.1 Å². The predicted octanol–water partition coefficient (Wildman–Crippen LogP) is 2.01. The summed E-state index contributed by atoms with van der Waals surface area (Å²) in [6.45, 7) is 11.3. The van der Waals surface area contributed by atoms with Gasteiger partial charge in [0.1, 0.15) is 0 Å². The summed E-state index contributed by atoms with van der Waals surface area (Å²) in [6.07, 6.45) is 3.15. The van der Waals surface area contributed by atoms with Crippen molar-refractivity contribution in [1.29, 1.82) is 0 Å². The minimum absolute atomic E-state index is 0.676. The summed E-state index contributed by atoms with van der Waals surface area (Å²) in [6, 6.07) is 0. The van der Waals surface area contributed by atoms with Crippen molar-refractivity contribution in [3.05, 3.63) is 36.1 Å². The SMILES string of the molecule is C=C(C)/C=C(/C)C(=C)N=CN. The van der Waals surface area contributed by atoms with Gasteiger partial charge in [-0.2, -0.15) is 0 Å². The Hall–Kier alpha value is -1.31. The molecule has 0 radical (unpaired) electrons. The van der Waals surface area contributed by atoms with Crippen molar-refractivity contribution in [1.82, 2.24) is 0 Å². The number of aliphatic imine (C=N–C) groups is 1. The maximum Gasteiger partial charge on any atom is 0.0860 e. The molecule has 0 aromatic carbocycles. The molecule has 2 heteroatoms. The molecule has 60 valence electrons. The standard InChI is InChI=1S/C9H14N2/c1-7(2)5-8(3)9(4)11-6-10/h5-6H,1,4H2,2-3H3,(H2,10,11)/b8-5-. The minimum atomic E-state index is 0.676. The zero-order chi connectivity index (χ0) is 8.85. The van der Waals surface area contributed by atoms with Crippen LogP contribution in [0, 0.1) is 0 Å². The first-order valence-corrected chi connectivity index (χ1v) is 3.35. The van der Waals surface area contributed by atoms with Gasteiger partial charge in [-0.25, -0.2) is 4.99 Å². The fourth-order valence-corrected chi connectivity index (χ4v) is 0.645. The van der Waals surface area contributed by atoms with Crippen LogP contribution in [0.2, 0.25) is 0 Å². The van der Waals surface area contributed by atoms with Crippen LogP contribution in [-0.2, 0) is 0 Å². The molecule has 0 spiro atoms. The first-order valence-electron chi connectivity index (χ1n) is 3.35. The first-order chi connectivity index (χ1) is 5.07. The zero-order valence-corrected chi connectivity index (χ0v) is 7.09. The van der Waals surface area contributed by atoms with Gasteiger partial charge in [0.05, 0.1) is 12.0 Å². The molecule has 0 aromatic heterocycles. The summed E-state index contributed by atoms with van der Waals surface area (Å²) in [5, 5.41) is 0. The molecule has 0 amide bonds. The van der Waals surface area contributed by atoms with E-state index in [1.54, 1.807) is 0 Å². The lowest BCUT2D eigenvalue weighted by molar-refractivity contribution is 1.29. The van der Waals surface area contributed by atoms with Gasteiger partial charge in [-0.15, -0.1) is 0 Å². The van der Waals surface area contributed by atoms with Crippen molar-refractivity contribution in [2.24, 2.45) is 10.7 Å². The number of nitrogens with two attached hydrogens (primary N) is 1. The highest BCUT2D eigenvalue weighted by Crippen LogP contribution is 2.09. The van der Waals surface area contributed by atoms with E-state index in [9.17, 15) is 0 Å². The number of hydrogen-bond donors (Lipinski definition) is 1. The minimum Gasteiger partial charge on any atom is -0.390 e. The molecule has 0 rings (SSSR count). The van der Waals surface area contributed by atoms with Crippen molar-refractivity contribution in [2.75, 3.05) is 0 Å². The van der Waals surface area contributed by atoms with E-state index in [0.717, 1.165) is 11.1 Å². The Kier molecular flexibility index (Phi) is 3.96. The van der Waals surface area contributed by atoms with E-state index in [1.807, 2.05) is 19.9 Å².